The van der Waals surface area contributed by atoms with Crippen LogP contribution in [0.1, 0.15) is 5.56 Å². The molecule has 104 valence electrons. The molecule has 0 spiro atoms. The highest BCUT2D eigenvalue weighted by Gasteiger charge is 2.34. The Hall–Kier alpha value is -1.69. The van der Waals surface area contributed by atoms with Crippen LogP contribution in [0.3, 0.4) is 0 Å². The fraction of sp³-hybridized carbons (Fsp3) is 0. The number of para-hydroxylation sites is 1. The summed E-state index contributed by atoms with van der Waals surface area (Å²) in [7, 11) is 0. The number of carbonyl (C=O) groups is 1. The van der Waals surface area contributed by atoms with Gasteiger partial charge in [-0.2, -0.15) is 0 Å². The van der Waals surface area contributed by atoms with E-state index in [-0.39, 0.29) is 5.91 Å². The third-order valence-electron chi connectivity index (χ3n) is 2.89. The molecule has 0 N–H and O–H groups in total. The number of aromatic nitrogens is 1. The molecule has 0 radical (unpaired) electrons. The average molecular weight is 333 g/mol. The number of nitrogens with zero attached hydrogens (tertiary/aromatic N) is 2. The van der Waals surface area contributed by atoms with Crippen molar-refractivity contribution in [3.8, 4) is 0 Å². The molecule has 0 unspecified atom stereocenters. The van der Waals surface area contributed by atoms with Crippen molar-refractivity contribution in [2.24, 2.45) is 0 Å². The van der Waals surface area contributed by atoms with Gasteiger partial charge >= 0.3 is 0 Å². The first-order chi connectivity index (χ1) is 10.2. The molecule has 1 aliphatic rings. The monoisotopic (exact) mass is 332 g/mol. The van der Waals surface area contributed by atoms with E-state index in [0.29, 0.717) is 19.9 Å². The highest BCUT2D eigenvalue weighted by Crippen LogP contribution is 2.38. The minimum atomic E-state index is -0.157. The van der Waals surface area contributed by atoms with Gasteiger partial charge in [-0.25, -0.2) is 0 Å². The summed E-state index contributed by atoms with van der Waals surface area (Å²) in [5.74, 6) is -0.157. The lowest BCUT2D eigenvalue weighted by molar-refractivity contribution is -0.113. The van der Waals surface area contributed by atoms with Crippen molar-refractivity contribution in [3.05, 3.63) is 64.3 Å². The fourth-order valence-corrected chi connectivity index (χ4v) is 3.42. The number of anilines is 1. The van der Waals surface area contributed by atoms with Crippen LogP contribution >= 0.6 is 35.6 Å². The van der Waals surface area contributed by atoms with Gasteiger partial charge in [0.05, 0.1) is 15.6 Å². The zero-order valence-electron chi connectivity index (χ0n) is 10.7. The summed E-state index contributed by atoms with van der Waals surface area (Å²) in [6.45, 7) is 0. The Morgan fingerprint density at radius 1 is 1.19 bits per heavy atom. The van der Waals surface area contributed by atoms with Crippen molar-refractivity contribution in [3.63, 3.8) is 0 Å². The van der Waals surface area contributed by atoms with Crippen molar-refractivity contribution in [2.75, 3.05) is 4.90 Å². The molecule has 1 aromatic heterocycles. The molecular weight excluding hydrogens is 324 g/mol. The Labute approximate surface area is 136 Å². The predicted molar refractivity (Wildman–Crippen MR) is 91.3 cm³/mol. The van der Waals surface area contributed by atoms with E-state index in [2.05, 4.69) is 4.98 Å². The lowest BCUT2D eigenvalue weighted by Gasteiger charge is -2.15. The molecule has 21 heavy (non-hydrogen) atoms. The van der Waals surface area contributed by atoms with E-state index < -0.39 is 0 Å². The Balaban J connectivity index is 1.97. The lowest BCUT2D eigenvalue weighted by atomic mass is 10.2. The number of halogens is 1. The summed E-state index contributed by atoms with van der Waals surface area (Å²) >= 11 is 12.7. The lowest BCUT2D eigenvalue weighted by Crippen LogP contribution is -2.27. The second kappa shape index (κ2) is 5.97. The van der Waals surface area contributed by atoms with Gasteiger partial charge in [-0.1, -0.05) is 47.7 Å². The average Bonchev–Trinajstić information content (AvgIpc) is 2.76. The zero-order valence-corrected chi connectivity index (χ0v) is 13.1. The Morgan fingerprint density at radius 2 is 1.90 bits per heavy atom. The number of benzene rings is 1. The van der Waals surface area contributed by atoms with Crippen molar-refractivity contribution >= 4 is 57.6 Å². The zero-order chi connectivity index (χ0) is 14.8. The largest absolute Gasteiger partial charge is 0.270 e. The van der Waals surface area contributed by atoms with E-state index in [0.717, 1.165) is 5.56 Å². The number of pyridine rings is 1. The third kappa shape index (κ3) is 2.85. The molecule has 0 bridgehead atoms. The highest BCUT2D eigenvalue weighted by atomic mass is 35.5. The fourth-order valence-electron chi connectivity index (χ4n) is 1.92. The van der Waals surface area contributed by atoms with Crippen LogP contribution in [-0.2, 0) is 4.79 Å². The van der Waals surface area contributed by atoms with Crippen molar-refractivity contribution in [1.82, 2.24) is 4.98 Å². The van der Waals surface area contributed by atoms with Crippen LogP contribution in [0.2, 0.25) is 5.02 Å². The summed E-state index contributed by atoms with van der Waals surface area (Å²) in [5, 5.41) is 0.499. The Morgan fingerprint density at radius 3 is 2.62 bits per heavy atom. The van der Waals surface area contributed by atoms with Crippen molar-refractivity contribution in [2.45, 2.75) is 0 Å². The smallest absolute Gasteiger partial charge is 0.268 e. The molecular formula is C15H9ClN2OS2. The van der Waals surface area contributed by atoms with Crippen LogP contribution in [0.15, 0.2) is 53.7 Å². The summed E-state index contributed by atoms with van der Waals surface area (Å²) in [4.78, 5) is 18.5. The van der Waals surface area contributed by atoms with Gasteiger partial charge in [0.1, 0.15) is 0 Å². The van der Waals surface area contributed by atoms with Crippen LogP contribution in [0.5, 0.6) is 0 Å². The molecule has 3 rings (SSSR count). The molecule has 6 heteroatoms. The van der Waals surface area contributed by atoms with E-state index in [9.17, 15) is 4.79 Å². The normalized spacial score (nSPS) is 16.8. The Kier molecular flexibility index (Phi) is 4.05. The Bertz CT molecular complexity index is 746. The standard InChI is InChI=1S/C15H9ClN2OS2/c16-11-3-1-2-4-12(11)18-14(19)13(21-15(18)20)9-10-5-7-17-8-6-10/h1-9H. The van der Waals surface area contributed by atoms with Crippen LogP contribution in [0.4, 0.5) is 5.69 Å². The maximum atomic E-state index is 12.5. The van der Waals surface area contributed by atoms with Gasteiger partial charge in [-0.15, -0.1) is 0 Å². The minimum absolute atomic E-state index is 0.157. The highest BCUT2D eigenvalue weighted by molar-refractivity contribution is 8.27. The molecule has 1 amide bonds. The number of hydrogen-bond acceptors (Lipinski definition) is 4. The summed E-state index contributed by atoms with van der Waals surface area (Å²) in [6, 6.07) is 10.8. The number of carbonyl (C=O) groups excluding carboxylic acids is 1. The predicted octanol–water partition coefficient (Wildman–Crippen LogP) is 4.14. The maximum Gasteiger partial charge on any atom is 0.270 e. The van der Waals surface area contributed by atoms with E-state index in [1.54, 1.807) is 30.6 Å². The van der Waals surface area contributed by atoms with Crippen LogP contribution in [0.25, 0.3) is 6.08 Å². The first kappa shape index (κ1) is 14.3. The van der Waals surface area contributed by atoms with Crippen LogP contribution in [0, 0.1) is 0 Å². The van der Waals surface area contributed by atoms with E-state index in [1.807, 2.05) is 24.3 Å². The van der Waals surface area contributed by atoms with Gasteiger partial charge in [0.2, 0.25) is 0 Å². The van der Waals surface area contributed by atoms with Crippen molar-refractivity contribution < 1.29 is 4.79 Å². The molecule has 3 nitrogen and oxygen atoms in total. The van der Waals surface area contributed by atoms with Gasteiger partial charge < -0.3 is 0 Å². The summed E-state index contributed by atoms with van der Waals surface area (Å²) in [6.07, 6.45) is 5.17. The third-order valence-corrected chi connectivity index (χ3v) is 4.51. The second-order valence-corrected chi connectivity index (χ2v) is 6.33. The quantitative estimate of drug-likeness (QED) is 0.611. The first-order valence-electron chi connectivity index (χ1n) is 6.09. The van der Waals surface area contributed by atoms with E-state index in [1.165, 1.54) is 16.7 Å². The second-order valence-electron chi connectivity index (χ2n) is 4.25. The first-order valence-corrected chi connectivity index (χ1v) is 7.69. The molecule has 1 aromatic carbocycles. The van der Waals surface area contributed by atoms with E-state index >= 15 is 0 Å². The molecule has 1 fully saturated rings. The number of rotatable bonds is 2. The van der Waals surface area contributed by atoms with E-state index in [4.69, 9.17) is 23.8 Å². The molecule has 2 heterocycles. The topological polar surface area (TPSA) is 33.2 Å². The summed E-state index contributed by atoms with van der Waals surface area (Å²) < 4.78 is 0.480. The van der Waals surface area contributed by atoms with Gasteiger partial charge in [0, 0.05) is 12.4 Å². The molecule has 1 saturated heterocycles. The molecule has 0 saturated carbocycles. The number of hydrogen-bond donors (Lipinski definition) is 0. The van der Waals surface area contributed by atoms with Crippen molar-refractivity contribution in [1.29, 1.82) is 0 Å². The summed E-state index contributed by atoms with van der Waals surface area (Å²) in [5.41, 5.74) is 1.52. The van der Waals surface area contributed by atoms with Gasteiger partial charge in [-0.05, 0) is 35.9 Å². The van der Waals surface area contributed by atoms with Gasteiger partial charge in [0.15, 0.2) is 4.32 Å². The molecule has 0 atom stereocenters. The minimum Gasteiger partial charge on any atom is -0.268 e. The number of thiocarbonyl (C=S) groups is 1. The van der Waals surface area contributed by atoms with Gasteiger partial charge in [0.25, 0.3) is 5.91 Å². The number of thioether (sulfide) groups is 1. The van der Waals surface area contributed by atoms with Crippen LogP contribution < -0.4 is 4.90 Å². The molecule has 0 aliphatic carbocycles. The SMILES string of the molecule is O=C1C(=Cc2ccncc2)SC(=S)N1c1ccccc1Cl. The molecule has 1 aliphatic heterocycles. The molecule has 2 aromatic rings. The number of amides is 1. The van der Waals surface area contributed by atoms with Crippen LogP contribution in [-0.4, -0.2) is 15.2 Å². The maximum absolute atomic E-state index is 12.5. The van der Waals surface area contributed by atoms with Gasteiger partial charge in [-0.3, -0.25) is 14.7 Å².